The van der Waals surface area contributed by atoms with Crippen LogP contribution < -0.4 is 20.9 Å². The van der Waals surface area contributed by atoms with E-state index in [0.29, 0.717) is 19.0 Å². The molecule has 170 valence electrons. The Bertz CT molecular complexity index is 819. The predicted octanol–water partition coefficient (Wildman–Crippen LogP) is 4.83. The van der Waals surface area contributed by atoms with Crippen LogP contribution in [0.1, 0.15) is 45.1 Å². The number of guanidine groups is 1. The van der Waals surface area contributed by atoms with Crippen LogP contribution >= 0.6 is 35.3 Å². The molecule has 0 atom stereocenters. The van der Waals surface area contributed by atoms with Crippen LogP contribution in [-0.4, -0.2) is 37.5 Å². The van der Waals surface area contributed by atoms with Crippen molar-refractivity contribution in [2.45, 2.75) is 52.1 Å². The molecule has 1 aromatic heterocycles. The number of carbonyl (C=O) groups is 1. The zero-order valence-electron chi connectivity index (χ0n) is 18.4. The van der Waals surface area contributed by atoms with Gasteiger partial charge in [-0.1, -0.05) is 19.1 Å². The number of aliphatic imine (C=N–C) groups is 1. The zero-order chi connectivity index (χ0) is 21.2. The molecule has 1 aromatic carbocycles. The third kappa shape index (κ3) is 8.33. The molecule has 0 bridgehead atoms. The molecule has 3 rings (SSSR count). The standard InChI is InChI=1S/C23H33N5OS.HI/c1-3-7-21(29)26-20-9-5-8-18(16-20)17-25-23(24-4-2)27-19-11-13-28(14-12-19)22-10-6-15-30-22;/h5-6,8-10,15-16,19H,3-4,7,11-14,17H2,1-2H3,(H,26,29)(H2,24,25,27);1H. The van der Waals surface area contributed by atoms with E-state index < -0.39 is 0 Å². The summed E-state index contributed by atoms with van der Waals surface area (Å²) in [6, 6.07) is 12.7. The Kier molecular flexibility index (Phi) is 11.1. The lowest BCUT2D eigenvalue weighted by Gasteiger charge is -2.33. The summed E-state index contributed by atoms with van der Waals surface area (Å²) in [6.07, 6.45) is 3.59. The summed E-state index contributed by atoms with van der Waals surface area (Å²) < 4.78 is 0. The fourth-order valence-electron chi connectivity index (χ4n) is 3.58. The summed E-state index contributed by atoms with van der Waals surface area (Å²) in [5.41, 5.74) is 1.91. The van der Waals surface area contributed by atoms with Crippen molar-refractivity contribution >= 4 is 57.9 Å². The molecule has 3 N–H and O–H groups in total. The molecule has 6 nitrogen and oxygen atoms in total. The Morgan fingerprint density at radius 1 is 1.19 bits per heavy atom. The number of nitrogens with zero attached hydrogens (tertiary/aromatic N) is 2. The summed E-state index contributed by atoms with van der Waals surface area (Å²) in [4.78, 5) is 19.1. The van der Waals surface area contributed by atoms with Crippen molar-refractivity contribution in [3.05, 3.63) is 47.3 Å². The fraction of sp³-hybridized carbons (Fsp3) is 0.478. The Labute approximate surface area is 206 Å². The Morgan fingerprint density at radius 3 is 2.68 bits per heavy atom. The van der Waals surface area contributed by atoms with E-state index in [9.17, 15) is 4.79 Å². The van der Waals surface area contributed by atoms with Crippen molar-refractivity contribution in [1.82, 2.24) is 10.6 Å². The Morgan fingerprint density at radius 2 is 2.00 bits per heavy atom. The number of anilines is 2. The quantitative estimate of drug-likeness (QED) is 0.248. The average molecular weight is 556 g/mol. The molecule has 2 heterocycles. The van der Waals surface area contributed by atoms with E-state index in [2.05, 4.69) is 45.3 Å². The smallest absolute Gasteiger partial charge is 0.224 e. The molecule has 1 fully saturated rings. The van der Waals surface area contributed by atoms with Gasteiger partial charge in [-0.05, 0) is 61.4 Å². The minimum atomic E-state index is 0. The first-order valence-electron chi connectivity index (χ1n) is 10.9. The third-order valence-electron chi connectivity index (χ3n) is 5.11. The number of hydrogen-bond acceptors (Lipinski definition) is 4. The number of amides is 1. The summed E-state index contributed by atoms with van der Waals surface area (Å²) in [5, 5.41) is 13.4. The first kappa shape index (κ1) is 25.5. The number of rotatable bonds is 8. The van der Waals surface area contributed by atoms with E-state index in [1.807, 2.05) is 42.5 Å². The van der Waals surface area contributed by atoms with Crippen LogP contribution in [-0.2, 0) is 11.3 Å². The highest BCUT2D eigenvalue weighted by atomic mass is 127. The zero-order valence-corrected chi connectivity index (χ0v) is 21.5. The van der Waals surface area contributed by atoms with E-state index in [1.165, 1.54) is 5.00 Å². The van der Waals surface area contributed by atoms with Gasteiger partial charge in [-0.2, -0.15) is 0 Å². The molecule has 2 aromatic rings. The molecule has 0 spiro atoms. The van der Waals surface area contributed by atoms with Crippen LogP contribution in [0.4, 0.5) is 10.7 Å². The monoisotopic (exact) mass is 555 g/mol. The highest BCUT2D eigenvalue weighted by molar-refractivity contribution is 14.0. The van der Waals surface area contributed by atoms with Crippen LogP contribution in [0.3, 0.4) is 0 Å². The average Bonchev–Trinajstić information content (AvgIpc) is 3.28. The molecule has 1 aliphatic rings. The van der Waals surface area contributed by atoms with E-state index in [4.69, 9.17) is 4.99 Å². The van der Waals surface area contributed by atoms with E-state index in [1.54, 1.807) is 0 Å². The van der Waals surface area contributed by atoms with Gasteiger partial charge < -0.3 is 20.9 Å². The van der Waals surface area contributed by atoms with Gasteiger partial charge >= 0.3 is 0 Å². The summed E-state index contributed by atoms with van der Waals surface area (Å²) >= 11 is 1.81. The lowest BCUT2D eigenvalue weighted by molar-refractivity contribution is -0.116. The minimum Gasteiger partial charge on any atom is -0.363 e. The van der Waals surface area contributed by atoms with E-state index in [0.717, 1.165) is 56.1 Å². The van der Waals surface area contributed by atoms with Gasteiger partial charge in [0.25, 0.3) is 0 Å². The van der Waals surface area contributed by atoms with Gasteiger partial charge in [-0.25, -0.2) is 4.99 Å². The third-order valence-corrected chi connectivity index (χ3v) is 6.03. The summed E-state index contributed by atoms with van der Waals surface area (Å²) in [6.45, 7) is 7.62. The van der Waals surface area contributed by atoms with Crippen molar-refractivity contribution in [2.75, 3.05) is 29.9 Å². The molecule has 8 heteroatoms. The summed E-state index contributed by atoms with van der Waals surface area (Å²) in [7, 11) is 0. The van der Waals surface area contributed by atoms with Gasteiger partial charge in [0.1, 0.15) is 0 Å². The molecule has 0 radical (unpaired) electrons. The first-order valence-corrected chi connectivity index (χ1v) is 11.8. The van der Waals surface area contributed by atoms with Gasteiger partial charge in [0.2, 0.25) is 5.91 Å². The maximum Gasteiger partial charge on any atom is 0.224 e. The van der Waals surface area contributed by atoms with Crippen molar-refractivity contribution in [1.29, 1.82) is 0 Å². The second-order valence-electron chi connectivity index (χ2n) is 7.55. The van der Waals surface area contributed by atoms with Crippen LogP contribution in [0.15, 0.2) is 46.8 Å². The number of hydrogen-bond donors (Lipinski definition) is 3. The molecule has 0 aliphatic carbocycles. The summed E-state index contributed by atoms with van der Waals surface area (Å²) in [5.74, 6) is 0.912. The molecule has 0 unspecified atom stereocenters. The van der Waals surface area contributed by atoms with Crippen LogP contribution in [0, 0.1) is 0 Å². The molecule has 1 saturated heterocycles. The second kappa shape index (κ2) is 13.6. The fourth-order valence-corrected chi connectivity index (χ4v) is 4.36. The largest absolute Gasteiger partial charge is 0.363 e. The van der Waals surface area contributed by atoms with Crippen LogP contribution in [0.2, 0.25) is 0 Å². The molecular weight excluding hydrogens is 521 g/mol. The lowest BCUT2D eigenvalue weighted by atomic mass is 10.1. The maximum absolute atomic E-state index is 11.8. The number of piperidine rings is 1. The van der Waals surface area contributed by atoms with Crippen LogP contribution in [0.25, 0.3) is 0 Å². The Balaban J connectivity index is 0.00000341. The van der Waals surface area contributed by atoms with Gasteiger partial charge in [0, 0.05) is 37.8 Å². The maximum atomic E-state index is 11.8. The lowest BCUT2D eigenvalue weighted by Crippen LogP contribution is -2.48. The normalized spacial score (nSPS) is 14.6. The SMILES string of the molecule is CCCC(=O)Nc1cccc(CN=C(NCC)NC2CCN(c3cccs3)CC2)c1.I. The molecule has 1 aliphatic heterocycles. The van der Waals surface area contributed by atoms with Crippen LogP contribution in [0.5, 0.6) is 0 Å². The van der Waals surface area contributed by atoms with Gasteiger partial charge in [0.15, 0.2) is 5.96 Å². The molecular formula is C23H34IN5OS. The topological polar surface area (TPSA) is 68.8 Å². The van der Waals surface area contributed by atoms with E-state index in [-0.39, 0.29) is 29.9 Å². The van der Waals surface area contributed by atoms with Crippen molar-refractivity contribution in [3.63, 3.8) is 0 Å². The van der Waals surface area contributed by atoms with E-state index >= 15 is 0 Å². The number of halogens is 1. The number of thiophene rings is 1. The van der Waals surface area contributed by atoms with Crippen molar-refractivity contribution < 1.29 is 4.79 Å². The van der Waals surface area contributed by atoms with Gasteiger partial charge in [-0.15, -0.1) is 35.3 Å². The second-order valence-corrected chi connectivity index (χ2v) is 8.48. The molecule has 31 heavy (non-hydrogen) atoms. The highest BCUT2D eigenvalue weighted by Gasteiger charge is 2.20. The van der Waals surface area contributed by atoms with Gasteiger partial charge in [-0.3, -0.25) is 4.79 Å². The number of nitrogens with one attached hydrogen (secondary N) is 3. The molecule has 0 saturated carbocycles. The van der Waals surface area contributed by atoms with Gasteiger partial charge in [0.05, 0.1) is 11.5 Å². The predicted molar refractivity (Wildman–Crippen MR) is 143 cm³/mol. The van der Waals surface area contributed by atoms with Crippen molar-refractivity contribution in [2.24, 2.45) is 4.99 Å². The van der Waals surface area contributed by atoms with Crippen molar-refractivity contribution in [3.8, 4) is 0 Å². The minimum absolute atomic E-state index is 0. The molecule has 1 amide bonds. The highest BCUT2D eigenvalue weighted by Crippen LogP contribution is 2.24. The Hall–Kier alpha value is -1.81. The number of carbonyl (C=O) groups excluding carboxylic acids is 1. The first-order chi connectivity index (χ1) is 14.7. The number of benzene rings is 1.